The Kier molecular flexibility index (Phi) is 13.8. The smallest absolute Gasteiger partial charge is 0.331 e. The lowest BCUT2D eigenvalue weighted by molar-refractivity contribution is -0.151. The second kappa shape index (κ2) is 16.3. The van der Waals surface area contributed by atoms with Gasteiger partial charge in [-0.3, -0.25) is 19.2 Å². The number of methoxy groups -OCH3 is 1. The lowest BCUT2D eigenvalue weighted by Gasteiger charge is -2.37. The number of carbonyl (C=O) groups is 5. The number of anilines is 1. The molecule has 0 bridgehead atoms. The number of amides is 3. The molecule has 3 amide bonds. The van der Waals surface area contributed by atoms with Gasteiger partial charge in [0.1, 0.15) is 18.3 Å². The van der Waals surface area contributed by atoms with E-state index in [0.29, 0.717) is 30.7 Å². The molecule has 13 nitrogen and oxygen atoms in total. The topological polar surface area (TPSA) is 165 Å². The van der Waals surface area contributed by atoms with E-state index in [4.69, 9.17) is 13.9 Å². The van der Waals surface area contributed by atoms with E-state index in [9.17, 15) is 24.0 Å². The fourth-order valence-corrected chi connectivity index (χ4v) is 5.89. The Balaban J connectivity index is 2.19. The van der Waals surface area contributed by atoms with Gasteiger partial charge in [0.2, 0.25) is 11.8 Å². The van der Waals surface area contributed by atoms with E-state index >= 15 is 0 Å². The summed E-state index contributed by atoms with van der Waals surface area (Å²) in [6, 6.07) is -2.46. The van der Waals surface area contributed by atoms with Crippen LogP contribution in [0.1, 0.15) is 64.9 Å². The Morgan fingerprint density at radius 2 is 1.80 bits per heavy atom. The average molecular weight is 656 g/mol. The molecule has 44 heavy (non-hydrogen) atoms. The fourth-order valence-electron chi connectivity index (χ4n) is 4.03. The van der Waals surface area contributed by atoms with Gasteiger partial charge in [-0.1, -0.05) is 34.6 Å². The summed E-state index contributed by atoms with van der Waals surface area (Å²) in [4.78, 5) is 69.5. The van der Waals surface area contributed by atoms with E-state index < -0.39 is 50.8 Å². The second-order valence-electron chi connectivity index (χ2n) is 12.9. The van der Waals surface area contributed by atoms with Gasteiger partial charge in [-0.05, 0) is 36.9 Å². The Morgan fingerprint density at radius 3 is 2.39 bits per heavy atom. The largest absolute Gasteiger partial charge is 0.467 e. The predicted molar refractivity (Wildman–Crippen MR) is 170 cm³/mol. The molecule has 0 aromatic carbocycles. The molecule has 1 aliphatic heterocycles. The lowest BCUT2D eigenvalue weighted by atomic mass is 9.97. The maximum atomic E-state index is 13.4. The summed E-state index contributed by atoms with van der Waals surface area (Å²) in [6.45, 7) is 16.7. The van der Waals surface area contributed by atoms with Crippen molar-refractivity contribution in [2.75, 3.05) is 44.9 Å². The molecule has 3 N–H and O–H groups in total. The molecule has 0 radical (unpaired) electrons. The normalized spacial score (nSPS) is 17.0. The van der Waals surface area contributed by atoms with Gasteiger partial charge in [-0.15, -0.1) is 11.3 Å². The van der Waals surface area contributed by atoms with Crippen molar-refractivity contribution in [3.05, 3.63) is 11.1 Å². The summed E-state index contributed by atoms with van der Waals surface area (Å²) < 4.78 is 15.9. The van der Waals surface area contributed by atoms with Crippen LogP contribution < -0.4 is 20.9 Å². The molecule has 1 aromatic rings. The summed E-state index contributed by atoms with van der Waals surface area (Å²) in [7, 11) is -1.18. The van der Waals surface area contributed by atoms with Crippen molar-refractivity contribution in [2.24, 2.45) is 11.8 Å². The molecule has 0 spiro atoms. The molecule has 15 heteroatoms. The van der Waals surface area contributed by atoms with Crippen molar-refractivity contribution in [1.82, 2.24) is 20.9 Å². The summed E-state index contributed by atoms with van der Waals surface area (Å²) in [5, 5.41) is 10.3. The van der Waals surface area contributed by atoms with Gasteiger partial charge >= 0.3 is 11.9 Å². The number of rotatable bonds is 14. The zero-order valence-electron chi connectivity index (χ0n) is 27.4. The number of nitrogens with zero attached hydrogens (tertiary/aromatic N) is 2. The molecule has 2 rings (SSSR count). The third-order valence-electron chi connectivity index (χ3n) is 7.77. The zero-order chi connectivity index (χ0) is 33.2. The number of nitrogens with one attached hydrogen (secondary N) is 3. The summed E-state index contributed by atoms with van der Waals surface area (Å²) in [5.74, 6) is -2.53. The molecule has 1 aromatic heterocycles. The highest BCUT2D eigenvalue weighted by atomic mass is 32.1. The van der Waals surface area contributed by atoms with E-state index in [0.717, 1.165) is 20.0 Å². The number of carbonyl (C=O) groups excluding carboxylic acids is 5. The van der Waals surface area contributed by atoms with Gasteiger partial charge in [-0.2, -0.15) is 0 Å². The standard InChI is InChI=1S/C29H49N5O8SSi/c1-18(2)13-30-24(36)20-11-10-12-34(14-20)28-33-23(17-43-28)26(38)31-21(16-42-44(8,9)29(4,5)6)25(37)32-22(27(39)40-7)15-41-19(3)35/h17-18,20-22H,10-16H2,1-9H3,(H,30,36)(H,31,38)(H,32,37)/t20?,21-,22-/m0/s1. The Hall–Kier alpha value is -3.04. The molecule has 3 atom stereocenters. The van der Waals surface area contributed by atoms with Crippen LogP contribution in [0.3, 0.4) is 0 Å². The van der Waals surface area contributed by atoms with Crippen molar-refractivity contribution in [3.8, 4) is 0 Å². The number of hydrogen-bond acceptors (Lipinski definition) is 11. The van der Waals surface area contributed by atoms with E-state index in [1.54, 1.807) is 5.38 Å². The SMILES string of the molecule is COC(=O)[C@H](COC(C)=O)NC(=O)[C@H](CO[Si](C)(C)C(C)(C)C)NC(=O)c1csc(N2CCCC(C(=O)NCC(C)C)C2)n1. The average Bonchev–Trinajstić information content (AvgIpc) is 3.45. The maximum absolute atomic E-state index is 13.4. The maximum Gasteiger partial charge on any atom is 0.331 e. The molecule has 248 valence electrons. The summed E-state index contributed by atoms with van der Waals surface area (Å²) in [6.07, 6.45) is 1.61. The highest BCUT2D eigenvalue weighted by Crippen LogP contribution is 2.36. The van der Waals surface area contributed by atoms with Crippen molar-refractivity contribution < 1.29 is 37.9 Å². The first kappa shape index (κ1) is 37.1. The van der Waals surface area contributed by atoms with Gasteiger partial charge in [0.05, 0.1) is 19.6 Å². The van der Waals surface area contributed by atoms with Crippen molar-refractivity contribution in [1.29, 1.82) is 0 Å². The monoisotopic (exact) mass is 655 g/mol. The molecule has 1 aliphatic rings. The van der Waals surface area contributed by atoms with Crippen molar-refractivity contribution in [3.63, 3.8) is 0 Å². The molecule has 2 heterocycles. The fraction of sp³-hybridized carbons (Fsp3) is 0.724. The van der Waals surface area contributed by atoms with Gasteiger partial charge in [0, 0.05) is 31.9 Å². The molecular weight excluding hydrogens is 606 g/mol. The van der Waals surface area contributed by atoms with Crippen LogP contribution in [0.4, 0.5) is 5.13 Å². The number of thiazole rings is 1. The van der Waals surface area contributed by atoms with Crippen LogP contribution in [0.2, 0.25) is 18.1 Å². The molecule has 1 fully saturated rings. The van der Waals surface area contributed by atoms with E-state index in [1.165, 1.54) is 18.3 Å². The van der Waals surface area contributed by atoms with Crippen LogP contribution >= 0.6 is 11.3 Å². The highest BCUT2D eigenvalue weighted by Gasteiger charge is 2.39. The minimum atomic E-state index is -2.33. The number of aromatic nitrogens is 1. The Labute approximate surface area is 265 Å². The third-order valence-corrected chi connectivity index (χ3v) is 13.2. The van der Waals surface area contributed by atoms with E-state index in [2.05, 4.69) is 41.7 Å². The number of esters is 2. The minimum Gasteiger partial charge on any atom is -0.467 e. The van der Waals surface area contributed by atoms with E-state index in [1.807, 2.05) is 31.8 Å². The first-order valence-electron chi connectivity index (χ1n) is 14.9. The molecule has 1 unspecified atom stereocenters. The van der Waals surface area contributed by atoms with Gasteiger partial charge in [0.25, 0.3) is 5.91 Å². The Morgan fingerprint density at radius 1 is 1.11 bits per heavy atom. The van der Waals surface area contributed by atoms with Crippen LogP contribution in [-0.4, -0.2) is 95.0 Å². The van der Waals surface area contributed by atoms with Gasteiger partial charge in [-0.25, -0.2) is 9.78 Å². The number of hydrogen-bond donors (Lipinski definition) is 3. The third kappa shape index (κ3) is 11.1. The van der Waals surface area contributed by atoms with Gasteiger partial charge < -0.3 is 34.8 Å². The van der Waals surface area contributed by atoms with Crippen LogP contribution in [0, 0.1) is 11.8 Å². The first-order chi connectivity index (χ1) is 20.4. The lowest BCUT2D eigenvalue weighted by Crippen LogP contribution is -2.56. The van der Waals surface area contributed by atoms with Crippen LogP contribution in [0.5, 0.6) is 0 Å². The number of ether oxygens (including phenoxy) is 2. The molecule has 0 saturated carbocycles. The molecule has 1 saturated heterocycles. The number of piperidine rings is 1. The van der Waals surface area contributed by atoms with Gasteiger partial charge in [0.15, 0.2) is 19.5 Å². The quantitative estimate of drug-likeness (QED) is 0.200. The summed E-state index contributed by atoms with van der Waals surface area (Å²) >= 11 is 1.29. The molecule has 0 aliphatic carbocycles. The van der Waals surface area contributed by atoms with Crippen molar-refractivity contribution >= 4 is 54.4 Å². The Bertz CT molecular complexity index is 1170. The van der Waals surface area contributed by atoms with Crippen LogP contribution in [0.15, 0.2) is 5.38 Å². The predicted octanol–water partition coefficient (Wildman–Crippen LogP) is 2.47. The zero-order valence-corrected chi connectivity index (χ0v) is 29.2. The molecular formula is C29H49N5O8SSi. The highest BCUT2D eigenvalue weighted by molar-refractivity contribution is 7.13. The van der Waals surface area contributed by atoms with Crippen LogP contribution in [-0.2, 0) is 33.1 Å². The second-order valence-corrected chi connectivity index (χ2v) is 18.6. The summed E-state index contributed by atoms with van der Waals surface area (Å²) in [5.41, 5.74) is 0.117. The van der Waals surface area contributed by atoms with Crippen LogP contribution in [0.25, 0.3) is 0 Å². The minimum absolute atomic E-state index is 0.0208. The first-order valence-corrected chi connectivity index (χ1v) is 18.7. The van der Waals surface area contributed by atoms with E-state index in [-0.39, 0.29) is 29.2 Å². The van der Waals surface area contributed by atoms with Crippen molar-refractivity contribution in [2.45, 2.75) is 84.6 Å².